The minimum Gasteiger partial charge on any atom is -0.507 e. The second kappa shape index (κ2) is 9.94. The second-order valence-corrected chi connectivity index (χ2v) is 9.24. The van der Waals surface area contributed by atoms with Crippen molar-refractivity contribution in [3.63, 3.8) is 0 Å². The zero-order valence-corrected chi connectivity index (χ0v) is 21.2. The third-order valence-electron chi connectivity index (χ3n) is 6.08. The van der Waals surface area contributed by atoms with Crippen LogP contribution in [0.2, 0.25) is 0 Å². The van der Waals surface area contributed by atoms with Crippen LogP contribution in [0.1, 0.15) is 24.1 Å². The summed E-state index contributed by atoms with van der Waals surface area (Å²) >= 11 is 1.27. The van der Waals surface area contributed by atoms with Crippen LogP contribution in [0.4, 0.5) is 5.13 Å². The number of nitrogens with zero attached hydrogens (tertiary/aromatic N) is 2. The number of Topliss-reactive ketones (excluding diaryl/α,β-unsaturated/α-hetero) is 1. The first-order valence-electron chi connectivity index (χ1n) is 11.6. The van der Waals surface area contributed by atoms with Gasteiger partial charge in [-0.1, -0.05) is 35.6 Å². The fourth-order valence-electron chi connectivity index (χ4n) is 4.31. The molecule has 1 aliphatic heterocycles. The molecular formula is C28H24N2O6S. The summed E-state index contributed by atoms with van der Waals surface area (Å²) in [4.78, 5) is 32.9. The summed E-state index contributed by atoms with van der Waals surface area (Å²) in [7, 11) is 3.09. The number of carbonyl (C=O) groups is 2. The fourth-order valence-corrected chi connectivity index (χ4v) is 5.33. The molecule has 0 saturated carbocycles. The van der Waals surface area contributed by atoms with Gasteiger partial charge in [0.15, 0.2) is 5.13 Å². The number of hydrogen-bond acceptors (Lipinski definition) is 8. The molecule has 188 valence electrons. The summed E-state index contributed by atoms with van der Waals surface area (Å²) in [6.07, 6.45) is 0. The lowest BCUT2D eigenvalue weighted by Gasteiger charge is -2.23. The van der Waals surface area contributed by atoms with Gasteiger partial charge in [0.25, 0.3) is 5.78 Å². The summed E-state index contributed by atoms with van der Waals surface area (Å²) < 4.78 is 17.0. The number of ether oxygens (including phenoxy) is 3. The Bertz CT molecular complexity index is 1530. The molecule has 1 atom stereocenters. The molecule has 0 bridgehead atoms. The Hall–Kier alpha value is -4.37. The van der Waals surface area contributed by atoms with Crippen molar-refractivity contribution >= 4 is 44.1 Å². The molecular weight excluding hydrogens is 492 g/mol. The molecule has 1 saturated heterocycles. The van der Waals surface area contributed by atoms with Crippen LogP contribution in [0.25, 0.3) is 16.0 Å². The molecule has 37 heavy (non-hydrogen) atoms. The highest BCUT2D eigenvalue weighted by molar-refractivity contribution is 7.22. The number of aliphatic hydroxyl groups is 1. The van der Waals surface area contributed by atoms with Gasteiger partial charge in [-0.05, 0) is 55.0 Å². The number of hydrogen-bond donors (Lipinski definition) is 1. The van der Waals surface area contributed by atoms with Gasteiger partial charge < -0.3 is 19.3 Å². The van der Waals surface area contributed by atoms with Crippen LogP contribution < -0.4 is 19.1 Å². The smallest absolute Gasteiger partial charge is 0.301 e. The van der Waals surface area contributed by atoms with Crippen molar-refractivity contribution in [1.82, 2.24) is 4.98 Å². The highest BCUT2D eigenvalue weighted by Crippen LogP contribution is 2.45. The summed E-state index contributed by atoms with van der Waals surface area (Å²) in [6.45, 7) is 2.39. The maximum absolute atomic E-state index is 13.5. The number of ketones is 1. The lowest BCUT2D eigenvalue weighted by molar-refractivity contribution is -0.132. The average Bonchev–Trinajstić information content (AvgIpc) is 3.46. The predicted molar refractivity (Wildman–Crippen MR) is 142 cm³/mol. The molecule has 1 aliphatic rings. The Morgan fingerprint density at radius 2 is 1.68 bits per heavy atom. The quantitative estimate of drug-likeness (QED) is 0.201. The van der Waals surface area contributed by atoms with Gasteiger partial charge >= 0.3 is 5.91 Å². The Balaban J connectivity index is 1.69. The van der Waals surface area contributed by atoms with E-state index in [-0.39, 0.29) is 11.3 Å². The van der Waals surface area contributed by atoms with Crippen LogP contribution >= 0.6 is 11.3 Å². The van der Waals surface area contributed by atoms with Gasteiger partial charge in [0.1, 0.15) is 23.0 Å². The highest BCUT2D eigenvalue weighted by Gasteiger charge is 2.48. The monoisotopic (exact) mass is 516 g/mol. The standard InChI is InChI=1S/C28H24N2O6S/c1-4-36-18-10-8-16(9-11-18)24-23(25(31)17-6-5-7-19(14-17)34-2)26(32)27(33)30(24)28-29-21-13-12-20(35-3)15-22(21)37-28/h5-15,24,31H,4H2,1-3H3. The Morgan fingerprint density at radius 1 is 0.973 bits per heavy atom. The highest BCUT2D eigenvalue weighted by atomic mass is 32.1. The molecule has 2 heterocycles. The second-order valence-electron chi connectivity index (χ2n) is 8.23. The molecule has 8 nitrogen and oxygen atoms in total. The van der Waals surface area contributed by atoms with Gasteiger partial charge in [-0.25, -0.2) is 4.98 Å². The van der Waals surface area contributed by atoms with Gasteiger partial charge in [0.2, 0.25) is 0 Å². The number of thiazole rings is 1. The van der Waals surface area contributed by atoms with E-state index in [0.29, 0.717) is 45.6 Å². The summed E-state index contributed by atoms with van der Waals surface area (Å²) in [5, 5.41) is 11.7. The first-order chi connectivity index (χ1) is 17.9. The largest absolute Gasteiger partial charge is 0.507 e. The maximum Gasteiger partial charge on any atom is 0.301 e. The van der Waals surface area contributed by atoms with Crippen molar-refractivity contribution in [1.29, 1.82) is 0 Å². The van der Waals surface area contributed by atoms with E-state index in [1.807, 2.05) is 13.0 Å². The summed E-state index contributed by atoms with van der Waals surface area (Å²) in [5.41, 5.74) is 1.63. The van der Waals surface area contributed by atoms with Crippen LogP contribution in [0.5, 0.6) is 17.2 Å². The van der Waals surface area contributed by atoms with Crippen molar-refractivity contribution in [2.24, 2.45) is 0 Å². The molecule has 0 radical (unpaired) electrons. The third kappa shape index (κ3) is 4.38. The zero-order valence-electron chi connectivity index (χ0n) is 20.4. The first-order valence-corrected chi connectivity index (χ1v) is 12.4. The van der Waals surface area contributed by atoms with Gasteiger partial charge in [0.05, 0.1) is 42.7 Å². The van der Waals surface area contributed by atoms with Crippen molar-refractivity contribution < 1.29 is 28.9 Å². The number of rotatable bonds is 7. The number of methoxy groups -OCH3 is 2. The zero-order chi connectivity index (χ0) is 26.1. The molecule has 1 unspecified atom stereocenters. The number of aliphatic hydroxyl groups excluding tert-OH is 1. The molecule has 5 rings (SSSR count). The minimum absolute atomic E-state index is 0.0285. The van der Waals surface area contributed by atoms with Crippen LogP contribution in [0.3, 0.4) is 0 Å². The van der Waals surface area contributed by atoms with E-state index in [4.69, 9.17) is 14.2 Å². The number of anilines is 1. The fraction of sp³-hybridized carbons (Fsp3) is 0.179. The van der Waals surface area contributed by atoms with Crippen LogP contribution in [0, 0.1) is 0 Å². The van der Waals surface area contributed by atoms with Crippen LogP contribution in [-0.2, 0) is 9.59 Å². The normalized spacial score (nSPS) is 16.8. The number of amides is 1. The van der Waals surface area contributed by atoms with Gasteiger partial charge in [-0.2, -0.15) is 0 Å². The Kier molecular flexibility index (Phi) is 6.54. The number of fused-ring (bicyclic) bond motifs is 1. The molecule has 1 N–H and O–H groups in total. The molecule has 1 amide bonds. The molecule has 0 spiro atoms. The van der Waals surface area contributed by atoms with E-state index >= 15 is 0 Å². The average molecular weight is 517 g/mol. The van der Waals surface area contributed by atoms with E-state index in [1.165, 1.54) is 23.3 Å². The molecule has 4 aromatic rings. The van der Waals surface area contributed by atoms with E-state index in [0.717, 1.165) is 4.70 Å². The molecule has 9 heteroatoms. The van der Waals surface area contributed by atoms with E-state index < -0.39 is 17.7 Å². The number of benzene rings is 3. The van der Waals surface area contributed by atoms with Gasteiger partial charge in [-0.3, -0.25) is 14.5 Å². The molecule has 3 aromatic carbocycles. The molecule has 0 aliphatic carbocycles. The lowest BCUT2D eigenvalue weighted by Crippen LogP contribution is -2.29. The SMILES string of the molecule is CCOc1ccc(C2C(=C(O)c3cccc(OC)c3)C(=O)C(=O)N2c2nc3ccc(OC)cc3s2)cc1. The van der Waals surface area contributed by atoms with Crippen molar-refractivity contribution in [2.45, 2.75) is 13.0 Å². The number of carbonyl (C=O) groups excluding carboxylic acids is 2. The van der Waals surface area contributed by atoms with Gasteiger partial charge in [0, 0.05) is 5.56 Å². The summed E-state index contributed by atoms with van der Waals surface area (Å²) in [6, 6.07) is 18.3. The van der Waals surface area contributed by atoms with E-state index in [9.17, 15) is 14.7 Å². The lowest BCUT2D eigenvalue weighted by atomic mass is 9.95. The Labute approximate surface area is 217 Å². The maximum atomic E-state index is 13.5. The van der Waals surface area contributed by atoms with Crippen molar-refractivity contribution in [2.75, 3.05) is 25.7 Å². The Morgan fingerprint density at radius 3 is 2.38 bits per heavy atom. The third-order valence-corrected chi connectivity index (χ3v) is 7.10. The van der Waals surface area contributed by atoms with Crippen LogP contribution in [0.15, 0.2) is 72.3 Å². The number of aromatic nitrogens is 1. The topological polar surface area (TPSA) is 98.2 Å². The van der Waals surface area contributed by atoms with E-state index in [1.54, 1.807) is 67.8 Å². The van der Waals surface area contributed by atoms with E-state index in [2.05, 4.69) is 4.98 Å². The minimum atomic E-state index is -0.899. The predicted octanol–water partition coefficient (Wildman–Crippen LogP) is 5.34. The molecule has 1 fully saturated rings. The van der Waals surface area contributed by atoms with Crippen molar-refractivity contribution in [3.05, 3.63) is 83.4 Å². The first kappa shape index (κ1) is 24.3. The van der Waals surface area contributed by atoms with Crippen LogP contribution in [-0.4, -0.2) is 42.6 Å². The van der Waals surface area contributed by atoms with Gasteiger partial charge in [-0.15, -0.1) is 0 Å². The molecule has 1 aromatic heterocycles. The summed E-state index contributed by atoms with van der Waals surface area (Å²) in [5.74, 6) is -0.0308. The van der Waals surface area contributed by atoms with Crippen molar-refractivity contribution in [3.8, 4) is 17.2 Å².